The number of rotatable bonds is 5. The van der Waals surface area contributed by atoms with Crippen molar-refractivity contribution in [1.29, 1.82) is 0 Å². The van der Waals surface area contributed by atoms with Gasteiger partial charge in [0.2, 0.25) is 0 Å². The number of nitrogens with one attached hydrogen (secondary N) is 1. The fourth-order valence-corrected chi connectivity index (χ4v) is 2.59. The molecule has 1 atom stereocenters. The van der Waals surface area contributed by atoms with Gasteiger partial charge in [-0.25, -0.2) is 4.98 Å². The highest BCUT2D eigenvalue weighted by Gasteiger charge is 2.11. The molecule has 0 aliphatic heterocycles. The van der Waals surface area contributed by atoms with Gasteiger partial charge in [0.15, 0.2) is 0 Å². The van der Waals surface area contributed by atoms with Crippen LogP contribution < -0.4 is 5.32 Å². The summed E-state index contributed by atoms with van der Waals surface area (Å²) in [6, 6.07) is 0.368. The average molecular weight is 250 g/mol. The Bertz CT molecular complexity index is 474. The van der Waals surface area contributed by atoms with Gasteiger partial charge in [-0.3, -0.25) is 4.68 Å². The first-order valence-corrected chi connectivity index (χ1v) is 6.78. The second kappa shape index (κ2) is 5.42. The summed E-state index contributed by atoms with van der Waals surface area (Å²) < 4.78 is 1.92. The van der Waals surface area contributed by atoms with Gasteiger partial charge < -0.3 is 5.32 Å². The summed E-state index contributed by atoms with van der Waals surface area (Å²) in [4.78, 5) is 5.73. The number of hydrogen-bond donors (Lipinski definition) is 1. The number of aromatic nitrogens is 3. The Hall–Kier alpha value is -1.20. The highest BCUT2D eigenvalue weighted by Crippen LogP contribution is 2.28. The van der Waals surface area contributed by atoms with E-state index < -0.39 is 0 Å². The van der Waals surface area contributed by atoms with E-state index in [-0.39, 0.29) is 0 Å². The molecule has 0 aliphatic carbocycles. The standard InChI is InChI=1S/C12H18N4S/c1-4-13-9(3)11-7-14-12(17-11)10-6-15-16(5-2)8-10/h6-9,13H,4-5H2,1-3H3. The molecule has 17 heavy (non-hydrogen) atoms. The molecule has 5 heteroatoms. The number of aryl methyl sites for hydroxylation is 1. The Morgan fingerprint density at radius 2 is 2.24 bits per heavy atom. The SMILES string of the molecule is CCNC(C)c1cnc(-c2cnn(CC)c2)s1. The Morgan fingerprint density at radius 1 is 1.41 bits per heavy atom. The summed E-state index contributed by atoms with van der Waals surface area (Å²) in [6.45, 7) is 8.23. The lowest BCUT2D eigenvalue weighted by atomic mass is 10.3. The van der Waals surface area contributed by atoms with Gasteiger partial charge in [-0.15, -0.1) is 11.3 Å². The zero-order valence-corrected chi connectivity index (χ0v) is 11.3. The fraction of sp³-hybridized carbons (Fsp3) is 0.500. The molecular weight excluding hydrogens is 232 g/mol. The first kappa shape index (κ1) is 12.3. The summed E-state index contributed by atoms with van der Waals surface area (Å²) in [7, 11) is 0. The second-order valence-electron chi connectivity index (χ2n) is 3.93. The average Bonchev–Trinajstić information content (AvgIpc) is 2.98. The van der Waals surface area contributed by atoms with Crippen LogP contribution in [-0.4, -0.2) is 21.3 Å². The van der Waals surface area contributed by atoms with Crippen LogP contribution >= 0.6 is 11.3 Å². The summed E-state index contributed by atoms with van der Waals surface area (Å²) in [5.74, 6) is 0. The maximum atomic E-state index is 4.46. The first-order chi connectivity index (χ1) is 8.24. The Balaban J connectivity index is 2.17. The van der Waals surface area contributed by atoms with Crippen molar-refractivity contribution in [3.63, 3.8) is 0 Å². The van der Waals surface area contributed by atoms with Crippen molar-refractivity contribution in [2.45, 2.75) is 33.4 Å². The maximum absolute atomic E-state index is 4.46. The highest BCUT2D eigenvalue weighted by atomic mass is 32.1. The van der Waals surface area contributed by atoms with Gasteiger partial charge in [0.25, 0.3) is 0 Å². The molecule has 0 bridgehead atoms. The van der Waals surface area contributed by atoms with Crippen LogP contribution in [0.15, 0.2) is 18.6 Å². The van der Waals surface area contributed by atoms with E-state index in [2.05, 4.69) is 36.2 Å². The molecule has 0 saturated heterocycles. The molecule has 0 aromatic carbocycles. The molecule has 0 spiro atoms. The van der Waals surface area contributed by atoms with Crippen LogP contribution in [-0.2, 0) is 6.54 Å². The van der Waals surface area contributed by atoms with Crippen molar-refractivity contribution < 1.29 is 0 Å². The molecule has 92 valence electrons. The minimum absolute atomic E-state index is 0.368. The monoisotopic (exact) mass is 250 g/mol. The molecule has 2 aromatic rings. The topological polar surface area (TPSA) is 42.7 Å². The summed E-state index contributed by atoms with van der Waals surface area (Å²) >= 11 is 1.73. The zero-order chi connectivity index (χ0) is 12.3. The van der Waals surface area contributed by atoms with Crippen molar-refractivity contribution in [2.75, 3.05) is 6.54 Å². The minimum Gasteiger partial charge on any atom is -0.310 e. The molecule has 0 amide bonds. The van der Waals surface area contributed by atoms with Crippen molar-refractivity contribution in [2.24, 2.45) is 0 Å². The van der Waals surface area contributed by atoms with E-state index in [0.29, 0.717) is 6.04 Å². The Morgan fingerprint density at radius 3 is 2.88 bits per heavy atom. The van der Waals surface area contributed by atoms with Gasteiger partial charge >= 0.3 is 0 Å². The van der Waals surface area contributed by atoms with Crippen LogP contribution in [0, 0.1) is 0 Å². The molecule has 0 saturated carbocycles. The third-order valence-corrected chi connectivity index (χ3v) is 3.89. The number of nitrogens with zero attached hydrogens (tertiary/aromatic N) is 3. The first-order valence-electron chi connectivity index (χ1n) is 5.96. The predicted octanol–water partition coefficient (Wildman–Crippen LogP) is 2.70. The molecule has 0 fully saturated rings. The highest BCUT2D eigenvalue weighted by molar-refractivity contribution is 7.15. The predicted molar refractivity (Wildman–Crippen MR) is 71.1 cm³/mol. The quantitative estimate of drug-likeness (QED) is 0.887. The van der Waals surface area contributed by atoms with E-state index in [1.807, 2.05) is 23.3 Å². The summed E-state index contributed by atoms with van der Waals surface area (Å²) in [5, 5.41) is 8.71. The Kier molecular flexibility index (Phi) is 3.91. The lowest BCUT2D eigenvalue weighted by Crippen LogP contribution is -2.16. The van der Waals surface area contributed by atoms with E-state index in [0.717, 1.165) is 23.7 Å². The van der Waals surface area contributed by atoms with Crippen LogP contribution in [0.5, 0.6) is 0 Å². The Labute approximate surface area is 106 Å². The van der Waals surface area contributed by atoms with Gasteiger partial charge in [0.05, 0.1) is 6.20 Å². The number of thiazole rings is 1. The van der Waals surface area contributed by atoms with E-state index in [1.165, 1.54) is 4.88 Å². The van der Waals surface area contributed by atoms with E-state index in [4.69, 9.17) is 0 Å². The van der Waals surface area contributed by atoms with E-state index in [1.54, 1.807) is 11.3 Å². The second-order valence-corrected chi connectivity index (χ2v) is 4.99. The molecule has 0 radical (unpaired) electrons. The van der Waals surface area contributed by atoms with E-state index >= 15 is 0 Å². The molecule has 2 heterocycles. The van der Waals surface area contributed by atoms with Crippen LogP contribution in [0.4, 0.5) is 0 Å². The smallest absolute Gasteiger partial charge is 0.126 e. The number of hydrogen-bond acceptors (Lipinski definition) is 4. The van der Waals surface area contributed by atoms with Gasteiger partial charge in [-0.2, -0.15) is 5.10 Å². The molecule has 1 N–H and O–H groups in total. The lowest BCUT2D eigenvalue weighted by molar-refractivity contribution is 0.606. The van der Waals surface area contributed by atoms with Crippen molar-refractivity contribution in [3.8, 4) is 10.6 Å². The largest absolute Gasteiger partial charge is 0.310 e. The normalized spacial score (nSPS) is 12.9. The summed E-state index contributed by atoms with van der Waals surface area (Å²) in [6.07, 6.45) is 5.88. The van der Waals surface area contributed by atoms with Crippen LogP contribution in [0.1, 0.15) is 31.7 Å². The van der Waals surface area contributed by atoms with Crippen LogP contribution in [0.2, 0.25) is 0 Å². The third-order valence-electron chi connectivity index (χ3n) is 2.66. The maximum Gasteiger partial charge on any atom is 0.126 e. The zero-order valence-electron chi connectivity index (χ0n) is 10.5. The van der Waals surface area contributed by atoms with E-state index in [9.17, 15) is 0 Å². The molecular formula is C12H18N4S. The van der Waals surface area contributed by atoms with Crippen molar-refractivity contribution in [1.82, 2.24) is 20.1 Å². The van der Waals surface area contributed by atoms with Gasteiger partial charge in [-0.1, -0.05) is 6.92 Å². The molecule has 2 aromatic heterocycles. The lowest BCUT2D eigenvalue weighted by Gasteiger charge is -2.07. The van der Waals surface area contributed by atoms with Crippen LogP contribution in [0.3, 0.4) is 0 Å². The summed E-state index contributed by atoms with van der Waals surface area (Å²) in [5.41, 5.74) is 1.10. The third kappa shape index (κ3) is 2.73. The van der Waals surface area contributed by atoms with Gasteiger partial charge in [-0.05, 0) is 20.4 Å². The molecule has 4 nitrogen and oxygen atoms in total. The molecule has 0 aliphatic rings. The minimum atomic E-state index is 0.368. The van der Waals surface area contributed by atoms with Gasteiger partial charge in [0, 0.05) is 35.4 Å². The van der Waals surface area contributed by atoms with Gasteiger partial charge in [0.1, 0.15) is 5.01 Å². The van der Waals surface area contributed by atoms with Crippen LogP contribution in [0.25, 0.3) is 10.6 Å². The molecule has 1 unspecified atom stereocenters. The van der Waals surface area contributed by atoms with Crippen molar-refractivity contribution in [3.05, 3.63) is 23.5 Å². The van der Waals surface area contributed by atoms with Crippen molar-refractivity contribution >= 4 is 11.3 Å². The fourth-order valence-electron chi connectivity index (χ4n) is 1.67. The molecule has 2 rings (SSSR count).